The Hall–Kier alpha value is -1.39. The number of likely N-dealkylation sites (tertiary alicyclic amines) is 1. The molecule has 1 saturated heterocycles. The van der Waals surface area contributed by atoms with Gasteiger partial charge in [0.2, 0.25) is 0 Å². The molecule has 0 bridgehead atoms. The fourth-order valence-corrected chi connectivity index (χ4v) is 2.53. The molecule has 0 radical (unpaired) electrons. The number of hydrogen-bond acceptors (Lipinski definition) is 3. The lowest BCUT2D eigenvalue weighted by molar-refractivity contribution is -0.138. The van der Waals surface area contributed by atoms with Crippen molar-refractivity contribution >= 4 is 5.97 Å². The first-order valence-electron chi connectivity index (χ1n) is 6.30. The third kappa shape index (κ3) is 3.55. The summed E-state index contributed by atoms with van der Waals surface area (Å²) in [7, 11) is 0. The van der Waals surface area contributed by atoms with Crippen molar-refractivity contribution in [2.24, 2.45) is 5.92 Å². The standard InChI is InChI=1S/C14H19NO3/c16-10-12-3-1-11(2-4-12)7-13-5-6-15(8-13)9-14(17)18/h1-4,13,16H,5-10H2,(H,17,18)/t13-/m0/s1. The molecule has 0 aliphatic carbocycles. The van der Waals surface area contributed by atoms with Gasteiger partial charge in [0, 0.05) is 6.54 Å². The molecule has 2 rings (SSSR count). The fourth-order valence-electron chi connectivity index (χ4n) is 2.53. The van der Waals surface area contributed by atoms with E-state index in [0.29, 0.717) is 5.92 Å². The van der Waals surface area contributed by atoms with Crippen molar-refractivity contribution in [3.8, 4) is 0 Å². The maximum absolute atomic E-state index is 10.6. The van der Waals surface area contributed by atoms with E-state index in [1.807, 2.05) is 29.2 Å². The van der Waals surface area contributed by atoms with Crippen molar-refractivity contribution in [2.75, 3.05) is 19.6 Å². The van der Waals surface area contributed by atoms with E-state index in [1.54, 1.807) is 0 Å². The molecule has 0 aromatic heterocycles. The van der Waals surface area contributed by atoms with Gasteiger partial charge in [0.15, 0.2) is 0 Å². The summed E-state index contributed by atoms with van der Waals surface area (Å²) in [5.41, 5.74) is 2.19. The highest BCUT2D eigenvalue weighted by molar-refractivity contribution is 5.69. The van der Waals surface area contributed by atoms with Crippen LogP contribution in [0.15, 0.2) is 24.3 Å². The summed E-state index contributed by atoms with van der Waals surface area (Å²) < 4.78 is 0. The molecule has 2 N–H and O–H groups in total. The van der Waals surface area contributed by atoms with Gasteiger partial charge in [-0.15, -0.1) is 0 Å². The molecule has 1 aromatic carbocycles. The summed E-state index contributed by atoms with van der Waals surface area (Å²) in [6.45, 7) is 1.98. The Balaban J connectivity index is 1.85. The third-order valence-corrected chi connectivity index (χ3v) is 3.46. The predicted octanol–water partition coefficient (Wildman–Crippen LogP) is 1.13. The first-order valence-corrected chi connectivity index (χ1v) is 6.30. The Morgan fingerprint density at radius 1 is 1.28 bits per heavy atom. The molecule has 18 heavy (non-hydrogen) atoms. The number of aliphatic hydroxyl groups excluding tert-OH is 1. The minimum Gasteiger partial charge on any atom is -0.480 e. The Kier molecular flexibility index (Phi) is 4.33. The molecular weight excluding hydrogens is 230 g/mol. The Bertz CT molecular complexity index is 402. The second kappa shape index (κ2) is 5.98. The molecule has 1 fully saturated rings. The number of aliphatic carboxylic acids is 1. The maximum atomic E-state index is 10.6. The van der Waals surface area contributed by atoms with E-state index in [1.165, 1.54) is 5.56 Å². The Morgan fingerprint density at radius 3 is 2.56 bits per heavy atom. The second-order valence-electron chi connectivity index (χ2n) is 4.96. The molecule has 0 saturated carbocycles. The van der Waals surface area contributed by atoms with E-state index in [9.17, 15) is 4.79 Å². The number of nitrogens with zero attached hydrogens (tertiary/aromatic N) is 1. The second-order valence-corrected chi connectivity index (χ2v) is 4.96. The summed E-state index contributed by atoms with van der Waals surface area (Å²) in [5.74, 6) is -0.202. The molecular formula is C14H19NO3. The number of carbonyl (C=O) groups is 1. The minimum absolute atomic E-state index is 0.0795. The average Bonchev–Trinajstić information content (AvgIpc) is 2.76. The smallest absolute Gasteiger partial charge is 0.317 e. The summed E-state index contributed by atoms with van der Waals surface area (Å²) in [6.07, 6.45) is 2.05. The van der Waals surface area contributed by atoms with E-state index in [-0.39, 0.29) is 13.2 Å². The Labute approximate surface area is 107 Å². The molecule has 4 heteroatoms. The van der Waals surface area contributed by atoms with Crippen molar-refractivity contribution in [2.45, 2.75) is 19.4 Å². The van der Waals surface area contributed by atoms with Gasteiger partial charge in [-0.25, -0.2) is 0 Å². The van der Waals surface area contributed by atoms with E-state index in [2.05, 4.69) is 0 Å². The summed E-state index contributed by atoms with van der Waals surface area (Å²) >= 11 is 0. The van der Waals surface area contributed by atoms with Crippen molar-refractivity contribution in [3.05, 3.63) is 35.4 Å². The molecule has 0 spiro atoms. The number of benzene rings is 1. The largest absolute Gasteiger partial charge is 0.480 e. The van der Waals surface area contributed by atoms with Crippen LogP contribution in [0.1, 0.15) is 17.5 Å². The number of carboxylic acids is 1. The first kappa shape index (κ1) is 13.1. The topological polar surface area (TPSA) is 60.8 Å². The highest BCUT2D eigenvalue weighted by atomic mass is 16.4. The molecule has 1 atom stereocenters. The summed E-state index contributed by atoms with van der Waals surface area (Å²) in [6, 6.07) is 7.98. The molecule has 1 aliphatic heterocycles. The molecule has 4 nitrogen and oxygen atoms in total. The summed E-state index contributed by atoms with van der Waals surface area (Å²) in [5, 5.41) is 17.7. The molecule has 1 aromatic rings. The van der Waals surface area contributed by atoms with Crippen LogP contribution in [0.4, 0.5) is 0 Å². The lowest BCUT2D eigenvalue weighted by Gasteiger charge is -2.13. The van der Waals surface area contributed by atoms with Gasteiger partial charge in [-0.05, 0) is 36.4 Å². The molecule has 98 valence electrons. The van der Waals surface area contributed by atoms with Gasteiger partial charge >= 0.3 is 5.97 Å². The van der Waals surface area contributed by atoms with Gasteiger partial charge in [-0.3, -0.25) is 9.69 Å². The average molecular weight is 249 g/mol. The number of aliphatic hydroxyl groups is 1. The highest BCUT2D eigenvalue weighted by Gasteiger charge is 2.23. The fraction of sp³-hybridized carbons (Fsp3) is 0.500. The molecule has 1 heterocycles. The normalized spacial score (nSPS) is 20.2. The van der Waals surface area contributed by atoms with E-state index < -0.39 is 5.97 Å². The highest BCUT2D eigenvalue weighted by Crippen LogP contribution is 2.20. The van der Waals surface area contributed by atoms with Crippen molar-refractivity contribution in [3.63, 3.8) is 0 Å². The number of hydrogen-bond donors (Lipinski definition) is 2. The van der Waals surface area contributed by atoms with Crippen LogP contribution in [-0.4, -0.2) is 40.7 Å². The van der Waals surface area contributed by atoms with Crippen LogP contribution in [0.5, 0.6) is 0 Å². The number of carboxylic acid groups (broad SMARTS) is 1. The van der Waals surface area contributed by atoms with Crippen LogP contribution < -0.4 is 0 Å². The van der Waals surface area contributed by atoms with Crippen LogP contribution in [0.2, 0.25) is 0 Å². The van der Waals surface area contributed by atoms with Crippen molar-refractivity contribution in [1.29, 1.82) is 0 Å². The van der Waals surface area contributed by atoms with Gasteiger partial charge in [-0.2, -0.15) is 0 Å². The zero-order valence-corrected chi connectivity index (χ0v) is 10.4. The van der Waals surface area contributed by atoms with Crippen LogP contribution in [0, 0.1) is 5.92 Å². The van der Waals surface area contributed by atoms with Crippen LogP contribution >= 0.6 is 0 Å². The summed E-state index contributed by atoms with van der Waals surface area (Å²) in [4.78, 5) is 12.6. The van der Waals surface area contributed by atoms with Crippen LogP contribution in [0.3, 0.4) is 0 Å². The van der Waals surface area contributed by atoms with E-state index in [0.717, 1.165) is 31.5 Å². The minimum atomic E-state index is -0.747. The Morgan fingerprint density at radius 2 is 1.94 bits per heavy atom. The molecule has 0 amide bonds. The zero-order chi connectivity index (χ0) is 13.0. The van der Waals surface area contributed by atoms with Gasteiger partial charge in [0.25, 0.3) is 0 Å². The third-order valence-electron chi connectivity index (χ3n) is 3.46. The van der Waals surface area contributed by atoms with Crippen molar-refractivity contribution in [1.82, 2.24) is 4.90 Å². The van der Waals surface area contributed by atoms with Gasteiger partial charge in [0.1, 0.15) is 0 Å². The monoisotopic (exact) mass is 249 g/mol. The number of rotatable bonds is 5. The first-order chi connectivity index (χ1) is 8.67. The zero-order valence-electron chi connectivity index (χ0n) is 10.4. The van der Waals surface area contributed by atoms with Gasteiger partial charge < -0.3 is 10.2 Å². The lowest BCUT2D eigenvalue weighted by atomic mass is 9.98. The lowest BCUT2D eigenvalue weighted by Crippen LogP contribution is -2.27. The quantitative estimate of drug-likeness (QED) is 0.821. The van der Waals surface area contributed by atoms with Crippen LogP contribution in [-0.2, 0) is 17.8 Å². The van der Waals surface area contributed by atoms with Crippen molar-refractivity contribution < 1.29 is 15.0 Å². The molecule has 1 aliphatic rings. The van der Waals surface area contributed by atoms with Gasteiger partial charge in [0.05, 0.1) is 13.2 Å². The predicted molar refractivity (Wildman–Crippen MR) is 68.3 cm³/mol. The molecule has 0 unspecified atom stereocenters. The van der Waals surface area contributed by atoms with E-state index in [4.69, 9.17) is 10.2 Å². The van der Waals surface area contributed by atoms with E-state index >= 15 is 0 Å². The maximum Gasteiger partial charge on any atom is 0.317 e. The SMILES string of the molecule is O=C(O)CN1CC[C@@H](Cc2ccc(CO)cc2)C1. The van der Waals surface area contributed by atoms with Gasteiger partial charge in [-0.1, -0.05) is 24.3 Å². The van der Waals surface area contributed by atoms with Crippen LogP contribution in [0.25, 0.3) is 0 Å².